The van der Waals surface area contributed by atoms with Gasteiger partial charge in [-0.2, -0.15) is 9.97 Å². The molecule has 0 bridgehead atoms. The molecule has 3 aromatic heterocycles. The Morgan fingerprint density at radius 1 is 1.02 bits per heavy atom. The second-order valence-corrected chi connectivity index (χ2v) is 16.1. The smallest absolute Gasteiger partial charge is 0.461 e. The van der Waals surface area contributed by atoms with Crippen LogP contribution in [0.1, 0.15) is 68.9 Å². The molecule has 0 saturated carbocycles. The lowest BCUT2D eigenvalue weighted by molar-refractivity contribution is 0.108. The first kappa shape index (κ1) is 38.7. The number of aryl methyl sites for hydroxylation is 1. The molecule has 59 heavy (non-hydrogen) atoms. The lowest BCUT2D eigenvalue weighted by Crippen LogP contribution is -2.43. The van der Waals surface area contributed by atoms with Gasteiger partial charge >= 0.3 is 11.8 Å². The lowest BCUT2D eigenvalue weighted by Gasteiger charge is -2.31. The Balaban J connectivity index is 1.14. The Kier molecular flexibility index (Phi) is 10.5. The van der Waals surface area contributed by atoms with Crippen LogP contribution in [0.5, 0.6) is 6.01 Å². The van der Waals surface area contributed by atoms with E-state index in [4.69, 9.17) is 40.7 Å². The molecule has 3 N–H and O–H groups in total. The van der Waals surface area contributed by atoms with Crippen LogP contribution in [0.4, 0.5) is 20.3 Å². The molecule has 6 heterocycles. The van der Waals surface area contributed by atoms with Crippen molar-refractivity contribution in [1.82, 2.24) is 24.8 Å². The highest BCUT2D eigenvalue weighted by molar-refractivity contribution is 6.04. The highest BCUT2D eigenvalue weighted by Gasteiger charge is 2.45. The summed E-state index contributed by atoms with van der Waals surface area (Å²) >= 11 is 0. The van der Waals surface area contributed by atoms with Crippen molar-refractivity contribution in [3.63, 3.8) is 0 Å². The van der Waals surface area contributed by atoms with Crippen molar-refractivity contribution in [3.05, 3.63) is 93.9 Å². The maximum Gasteiger partial charge on any atom is 0.519 e. The van der Waals surface area contributed by atoms with E-state index in [0.717, 1.165) is 70.1 Å². The van der Waals surface area contributed by atoms with Crippen LogP contribution in [0.3, 0.4) is 0 Å². The number of fused-ring (bicyclic) bond motifs is 2. The zero-order valence-corrected chi connectivity index (χ0v) is 33.2. The maximum atomic E-state index is 17.5. The molecule has 1 atom stereocenters. The number of benzene rings is 3. The monoisotopic (exact) mass is 799 g/mol. The van der Waals surface area contributed by atoms with Gasteiger partial charge < -0.3 is 24.6 Å². The Hall–Kier alpha value is -5.84. The highest BCUT2D eigenvalue weighted by atomic mass is 19.1. The number of nitrogen functional groups attached to an aromatic ring is 1. The first-order valence-electron chi connectivity index (χ1n) is 20.6. The third-order valence-corrected chi connectivity index (χ3v) is 12.5. The molecule has 3 aliphatic heterocycles. The first-order valence-corrected chi connectivity index (χ1v) is 20.6. The van der Waals surface area contributed by atoms with Gasteiger partial charge in [0.05, 0.1) is 28.7 Å². The zero-order chi connectivity index (χ0) is 40.7. The predicted octanol–water partition coefficient (Wildman–Crippen LogP) is 8.18. The minimum absolute atomic E-state index is 0.00872. The van der Waals surface area contributed by atoms with E-state index in [1.54, 1.807) is 18.2 Å². The van der Waals surface area contributed by atoms with Gasteiger partial charge in [0, 0.05) is 41.8 Å². The summed E-state index contributed by atoms with van der Waals surface area (Å²) in [4.78, 5) is 31.9. The fourth-order valence-electron chi connectivity index (χ4n) is 9.57. The summed E-state index contributed by atoms with van der Waals surface area (Å²) in [6.07, 6.45) is 13.1. The second kappa shape index (κ2) is 16.1. The minimum atomic E-state index is -0.746. The summed E-state index contributed by atoms with van der Waals surface area (Å²) in [5.41, 5.74) is 8.36. The van der Waals surface area contributed by atoms with Gasteiger partial charge in [-0.3, -0.25) is 9.80 Å². The van der Waals surface area contributed by atoms with Crippen LogP contribution in [0.15, 0.2) is 68.2 Å². The van der Waals surface area contributed by atoms with Gasteiger partial charge in [0.1, 0.15) is 29.5 Å². The number of halogens is 2. The number of ether oxygens (including phenoxy) is 1. The first-order chi connectivity index (χ1) is 28.7. The number of hydrogen-bond donors (Lipinski definition) is 2. The Morgan fingerprint density at radius 3 is 2.61 bits per heavy atom. The summed E-state index contributed by atoms with van der Waals surface area (Å²) in [7, 11) is 0. The third-order valence-electron chi connectivity index (χ3n) is 12.5. The van der Waals surface area contributed by atoms with E-state index in [-0.39, 0.29) is 28.3 Å². The average molecular weight is 800 g/mol. The van der Waals surface area contributed by atoms with E-state index in [1.165, 1.54) is 6.07 Å². The standard InChI is InChI=1S/C46H47F2N7O4/c1-3-28-11-8-14-35-38-41(39(48)40(51-35)33-24-31(49)23-30-15-16-34(47)32(4-2)37(30)33)52-44(57-27-46-17-9-20-55(46)21-10-18-46)53-43(38)50-19-22-54(25-28)26-36-42(59-45(56)58-36)29-12-6-5-7-13-29/h2,5-7,12-13,15-16,23-24,28H,3,8-11,14,17-22,25-27,49H2,1H3,(H,50,52,53). The molecule has 304 valence electrons. The second-order valence-electron chi connectivity index (χ2n) is 16.1. The van der Waals surface area contributed by atoms with Crippen molar-refractivity contribution in [3.8, 4) is 40.9 Å². The number of rotatable bonds is 8. The van der Waals surface area contributed by atoms with E-state index >= 15 is 8.78 Å². The van der Waals surface area contributed by atoms with Crippen LogP contribution in [0.25, 0.3) is 44.3 Å². The Morgan fingerprint density at radius 2 is 1.83 bits per heavy atom. The van der Waals surface area contributed by atoms with E-state index < -0.39 is 17.5 Å². The van der Waals surface area contributed by atoms with Gasteiger partial charge in [0.15, 0.2) is 17.3 Å². The van der Waals surface area contributed by atoms with Crippen LogP contribution >= 0.6 is 0 Å². The van der Waals surface area contributed by atoms with Gasteiger partial charge in [-0.25, -0.2) is 18.6 Å². The van der Waals surface area contributed by atoms with Gasteiger partial charge in [-0.1, -0.05) is 55.7 Å². The molecule has 0 aliphatic carbocycles. The van der Waals surface area contributed by atoms with E-state index in [9.17, 15) is 4.79 Å². The summed E-state index contributed by atoms with van der Waals surface area (Å²) < 4.78 is 50.3. The lowest BCUT2D eigenvalue weighted by atomic mass is 9.94. The summed E-state index contributed by atoms with van der Waals surface area (Å²) in [5.74, 6) is 2.01. The van der Waals surface area contributed by atoms with Crippen molar-refractivity contribution in [2.24, 2.45) is 5.92 Å². The molecule has 2 fully saturated rings. The number of nitrogens with one attached hydrogen (secondary N) is 1. The van der Waals surface area contributed by atoms with E-state index in [1.807, 2.05) is 30.3 Å². The van der Waals surface area contributed by atoms with Gasteiger partial charge in [0.2, 0.25) is 0 Å². The summed E-state index contributed by atoms with van der Waals surface area (Å²) in [5, 5.41) is 4.90. The van der Waals surface area contributed by atoms with E-state index in [2.05, 4.69) is 28.0 Å². The number of aromatic nitrogens is 3. The number of nitrogens with two attached hydrogens (primary N) is 1. The molecule has 1 unspecified atom stereocenters. The van der Waals surface area contributed by atoms with Gasteiger partial charge in [-0.05, 0) is 87.5 Å². The molecule has 13 heteroatoms. The van der Waals surface area contributed by atoms with Crippen LogP contribution < -0.4 is 21.6 Å². The minimum Gasteiger partial charge on any atom is -0.461 e. The van der Waals surface area contributed by atoms with Gasteiger partial charge in [-0.15, -0.1) is 6.42 Å². The molecule has 0 amide bonds. The molecule has 0 spiro atoms. The zero-order valence-electron chi connectivity index (χ0n) is 33.2. The number of nitrogens with zero attached hydrogens (tertiary/aromatic N) is 5. The number of anilines is 2. The quantitative estimate of drug-likeness (QED) is 0.114. The van der Waals surface area contributed by atoms with Crippen molar-refractivity contribution < 1.29 is 22.4 Å². The van der Waals surface area contributed by atoms with E-state index in [0.29, 0.717) is 89.0 Å². The SMILES string of the molecule is C#Cc1c(F)ccc2cc(N)cc(-c3nc4c5c(nc(OCC67CCCN6CCC7)nc5c3F)NCCN(Cc3oc(=O)oc3-c3ccccc3)CC(CC)CCC4)c12. The van der Waals surface area contributed by atoms with Crippen LogP contribution in [0.2, 0.25) is 0 Å². The van der Waals surface area contributed by atoms with Crippen molar-refractivity contribution in [2.45, 2.75) is 70.4 Å². The number of pyridine rings is 1. The average Bonchev–Trinajstić information content (AvgIpc) is 3.94. The summed E-state index contributed by atoms with van der Waals surface area (Å²) in [6.45, 7) is 6.65. The predicted molar refractivity (Wildman–Crippen MR) is 224 cm³/mol. The fourth-order valence-corrected chi connectivity index (χ4v) is 9.57. The topological polar surface area (TPSA) is 136 Å². The van der Waals surface area contributed by atoms with Crippen molar-refractivity contribution in [1.29, 1.82) is 0 Å². The molecule has 6 aromatic rings. The Bertz CT molecular complexity index is 2630. The largest absolute Gasteiger partial charge is 0.519 e. The third kappa shape index (κ3) is 7.40. The maximum absolute atomic E-state index is 17.5. The molecule has 0 radical (unpaired) electrons. The van der Waals surface area contributed by atoms with Crippen LogP contribution in [-0.2, 0) is 13.0 Å². The normalized spacial score (nSPS) is 18.6. The van der Waals surface area contributed by atoms with Gasteiger partial charge in [0.25, 0.3) is 0 Å². The van der Waals surface area contributed by atoms with Crippen molar-refractivity contribution in [2.75, 3.05) is 50.4 Å². The molecule has 11 nitrogen and oxygen atoms in total. The molecular weight excluding hydrogens is 753 g/mol. The molecule has 3 aromatic carbocycles. The number of hydrogen-bond acceptors (Lipinski definition) is 11. The Labute approximate surface area is 341 Å². The highest BCUT2D eigenvalue weighted by Crippen LogP contribution is 2.41. The molecule has 3 aliphatic rings. The van der Waals surface area contributed by atoms with Crippen molar-refractivity contribution >= 4 is 33.2 Å². The van der Waals surface area contributed by atoms with Crippen LogP contribution in [0, 0.1) is 29.9 Å². The summed E-state index contributed by atoms with van der Waals surface area (Å²) in [6, 6.07) is 15.7. The fraction of sp³-hybridized carbons (Fsp3) is 0.391. The van der Waals surface area contributed by atoms with Crippen LogP contribution in [-0.4, -0.2) is 69.6 Å². The molecular formula is C46H47F2N7O4. The molecule has 2 saturated heterocycles. The number of terminal acetylenes is 1. The molecule has 9 rings (SSSR count).